The lowest BCUT2D eigenvalue weighted by molar-refractivity contribution is -0.159. The fourth-order valence-electron chi connectivity index (χ4n) is 3.53. The van der Waals surface area contributed by atoms with E-state index in [1.807, 2.05) is 5.43 Å². The standard InChI is InChI=1S/C29H27N3O11/c1-16(33)30-20-12-10-17(11-13-20)25(34)31-32-26(35)23(42-28(38)18-6-4-8-21(14-18)40-2)24(27(36)37)43-29(39)19-7-5-9-22(15-19)41-3/h4-15,23-24H,1-3H3,(H,30,33)(H,31,34)(H,32,35)(H,36,37)/t23-,24-/m0/s1. The maximum atomic E-state index is 13.2. The van der Waals surface area contributed by atoms with E-state index in [0.717, 1.165) is 0 Å². The Hall–Kier alpha value is -5.92. The van der Waals surface area contributed by atoms with Crippen LogP contribution in [0.1, 0.15) is 38.0 Å². The predicted octanol–water partition coefficient (Wildman–Crippen LogP) is 1.96. The number of ether oxygens (including phenoxy) is 4. The van der Waals surface area contributed by atoms with Gasteiger partial charge in [0.05, 0.1) is 25.3 Å². The highest BCUT2D eigenvalue weighted by Crippen LogP contribution is 2.18. The zero-order chi connectivity index (χ0) is 31.5. The number of carboxylic acids is 1. The van der Waals surface area contributed by atoms with E-state index >= 15 is 0 Å². The normalized spacial score (nSPS) is 11.6. The van der Waals surface area contributed by atoms with E-state index in [2.05, 4.69) is 10.7 Å². The number of methoxy groups -OCH3 is 2. The summed E-state index contributed by atoms with van der Waals surface area (Å²) < 4.78 is 20.4. The Bertz CT molecular complexity index is 1520. The summed E-state index contributed by atoms with van der Waals surface area (Å²) in [5.41, 5.74) is 4.32. The first-order valence-corrected chi connectivity index (χ1v) is 12.4. The number of benzene rings is 3. The van der Waals surface area contributed by atoms with Crippen molar-refractivity contribution in [3.63, 3.8) is 0 Å². The van der Waals surface area contributed by atoms with E-state index in [4.69, 9.17) is 18.9 Å². The van der Waals surface area contributed by atoms with Crippen molar-refractivity contribution in [3.05, 3.63) is 89.5 Å². The Labute approximate surface area is 244 Å². The monoisotopic (exact) mass is 593 g/mol. The van der Waals surface area contributed by atoms with Crippen LogP contribution in [0.25, 0.3) is 0 Å². The molecule has 4 N–H and O–H groups in total. The van der Waals surface area contributed by atoms with Crippen LogP contribution in [0.4, 0.5) is 5.69 Å². The molecule has 0 saturated heterocycles. The molecule has 0 radical (unpaired) electrons. The van der Waals surface area contributed by atoms with Gasteiger partial charge in [-0.2, -0.15) is 0 Å². The van der Waals surface area contributed by atoms with Gasteiger partial charge in [-0.3, -0.25) is 25.2 Å². The van der Waals surface area contributed by atoms with Crippen LogP contribution in [0.15, 0.2) is 72.8 Å². The Kier molecular flexibility index (Phi) is 10.8. The first-order chi connectivity index (χ1) is 20.5. The predicted molar refractivity (Wildman–Crippen MR) is 148 cm³/mol. The Balaban J connectivity index is 1.84. The number of carbonyl (C=O) groups is 6. The molecule has 3 aromatic carbocycles. The minimum absolute atomic E-state index is 0.0542. The molecule has 3 aromatic rings. The number of carbonyl (C=O) groups excluding carboxylic acids is 5. The second-order valence-electron chi connectivity index (χ2n) is 8.66. The molecule has 0 aromatic heterocycles. The summed E-state index contributed by atoms with van der Waals surface area (Å²) >= 11 is 0. The molecule has 14 nitrogen and oxygen atoms in total. The van der Waals surface area contributed by atoms with Gasteiger partial charge >= 0.3 is 17.9 Å². The zero-order valence-corrected chi connectivity index (χ0v) is 23.1. The highest BCUT2D eigenvalue weighted by molar-refractivity contribution is 5.99. The Morgan fingerprint density at radius 1 is 0.674 bits per heavy atom. The van der Waals surface area contributed by atoms with Gasteiger partial charge in [-0.05, 0) is 60.7 Å². The summed E-state index contributed by atoms with van der Waals surface area (Å²) in [7, 11) is 2.71. The van der Waals surface area contributed by atoms with Gasteiger partial charge < -0.3 is 29.4 Å². The highest BCUT2D eigenvalue weighted by atomic mass is 16.6. The summed E-state index contributed by atoms with van der Waals surface area (Å²) in [6.45, 7) is 1.31. The Morgan fingerprint density at radius 3 is 1.65 bits per heavy atom. The van der Waals surface area contributed by atoms with Gasteiger partial charge in [0.25, 0.3) is 11.8 Å². The van der Waals surface area contributed by atoms with Crippen molar-refractivity contribution in [1.82, 2.24) is 10.9 Å². The van der Waals surface area contributed by atoms with E-state index in [0.29, 0.717) is 5.69 Å². The van der Waals surface area contributed by atoms with Crippen LogP contribution in [0.5, 0.6) is 11.5 Å². The van der Waals surface area contributed by atoms with Crippen molar-refractivity contribution in [2.75, 3.05) is 19.5 Å². The number of hydrogen-bond acceptors (Lipinski definition) is 10. The van der Waals surface area contributed by atoms with E-state index in [1.54, 1.807) is 0 Å². The lowest BCUT2D eigenvalue weighted by atomic mass is 10.1. The van der Waals surface area contributed by atoms with Crippen LogP contribution in [0, 0.1) is 0 Å². The van der Waals surface area contributed by atoms with Gasteiger partial charge in [-0.15, -0.1) is 0 Å². The summed E-state index contributed by atoms with van der Waals surface area (Å²) in [6, 6.07) is 16.8. The number of amides is 3. The largest absolute Gasteiger partial charge is 0.497 e. The number of rotatable bonds is 11. The second-order valence-corrected chi connectivity index (χ2v) is 8.66. The molecule has 0 saturated carbocycles. The summed E-state index contributed by atoms with van der Waals surface area (Å²) in [5, 5.41) is 12.4. The zero-order valence-electron chi connectivity index (χ0n) is 23.1. The number of anilines is 1. The van der Waals surface area contributed by atoms with Crippen LogP contribution in [0.3, 0.4) is 0 Å². The van der Waals surface area contributed by atoms with Gasteiger partial charge in [0.15, 0.2) is 0 Å². The van der Waals surface area contributed by atoms with Crippen LogP contribution >= 0.6 is 0 Å². The molecule has 0 aliphatic rings. The maximum Gasteiger partial charge on any atom is 0.349 e. The smallest absolute Gasteiger partial charge is 0.349 e. The Morgan fingerprint density at radius 2 is 1.19 bits per heavy atom. The van der Waals surface area contributed by atoms with Gasteiger partial charge in [0.1, 0.15) is 11.5 Å². The van der Waals surface area contributed by atoms with Crippen LogP contribution in [-0.4, -0.2) is 67.2 Å². The molecule has 0 fully saturated rings. The third-order valence-electron chi connectivity index (χ3n) is 5.62. The number of hydrogen-bond donors (Lipinski definition) is 4. The molecule has 14 heteroatoms. The molecule has 43 heavy (non-hydrogen) atoms. The van der Waals surface area contributed by atoms with Crippen LogP contribution in [0.2, 0.25) is 0 Å². The first-order valence-electron chi connectivity index (χ1n) is 12.4. The molecule has 0 unspecified atom stereocenters. The number of hydrazine groups is 1. The molecular formula is C29H27N3O11. The fraction of sp³-hybridized carbons (Fsp3) is 0.172. The fourth-order valence-corrected chi connectivity index (χ4v) is 3.53. The molecule has 224 valence electrons. The van der Waals surface area contributed by atoms with Crippen molar-refractivity contribution in [2.24, 2.45) is 0 Å². The summed E-state index contributed by atoms with van der Waals surface area (Å²) in [6.07, 6.45) is -4.62. The van der Waals surface area contributed by atoms with Gasteiger partial charge in [-0.25, -0.2) is 14.4 Å². The second kappa shape index (κ2) is 14.6. The minimum atomic E-state index is -2.35. The number of esters is 2. The van der Waals surface area contributed by atoms with Crippen molar-refractivity contribution in [1.29, 1.82) is 0 Å². The van der Waals surface area contributed by atoms with Crippen molar-refractivity contribution in [2.45, 2.75) is 19.1 Å². The van der Waals surface area contributed by atoms with Gasteiger partial charge in [0, 0.05) is 18.2 Å². The van der Waals surface area contributed by atoms with E-state index in [-0.39, 0.29) is 34.1 Å². The number of nitrogens with one attached hydrogen (secondary N) is 3. The number of carboxylic acid groups (broad SMARTS) is 1. The molecule has 0 spiro atoms. The summed E-state index contributed by atoms with van der Waals surface area (Å²) in [5.74, 6) is -6.08. The molecule has 3 amide bonds. The first kappa shape index (κ1) is 31.6. The highest BCUT2D eigenvalue weighted by Gasteiger charge is 2.41. The topological polar surface area (TPSA) is 196 Å². The quantitative estimate of drug-likeness (QED) is 0.187. The lowest BCUT2D eigenvalue weighted by Gasteiger charge is -2.23. The SMILES string of the molecule is COc1cccc(C(=O)O[C@H](C(=O)O)[C@H](OC(=O)c2cccc(OC)c2)C(=O)NNC(=O)c2ccc(NC(C)=O)cc2)c1. The van der Waals surface area contributed by atoms with Gasteiger partial charge in [-0.1, -0.05) is 12.1 Å². The van der Waals surface area contributed by atoms with Crippen molar-refractivity contribution in [3.8, 4) is 11.5 Å². The average molecular weight is 594 g/mol. The van der Waals surface area contributed by atoms with E-state index in [1.165, 1.54) is 93.9 Å². The molecule has 0 bridgehead atoms. The summed E-state index contributed by atoms with van der Waals surface area (Å²) in [4.78, 5) is 74.9. The van der Waals surface area contributed by atoms with Crippen LogP contribution in [-0.2, 0) is 23.9 Å². The minimum Gasteiger partial charge on any atom is -0.497 e. The van der Waals surface area contributed by atoms with Crippen molar-refractivity contribution >= 4 is 41.3 Å². The van der Waals surface area contributed by atoms with Crippen LogP contribution < -0.4 is 25.6 Å². The molecule has 0 aliphatic carbocycles. The molecule has 0 heterocycles. The van der Waals surface area contributed by atoms with E-state index < -0.39 is 41.9 Å². The molecule has 0 aliphatic heterocycles. The van der Waals surface area contributed by atoms with Gasteiger partial charge in [0.2, 0.25) is 18.1 Å². The lowest BCUT2D eigenvalue weighted by Crippen LogP contribution is -2.54. The molecule has 2 atom stereocenters. The third kappa shape index (κ3) is 8.78. The van der Waals surface area contributed by atoms with E-state index in [9.17, 15) is 33.9 Å². The molecular weight excluding hydrogens is 566 g/mol. The van der Waals surface area contributed by atoms with Crippen molar-refractivity contribution < 1.29 is 52.8 Å². The average Bonchev–Trinajstić information content (AvgIpc) is 3.01. The maximum absolute atomic E-state index is 13.2. The number of aliphatic carboxylic acids is 1. The molecule has 3 rings (SSSR count). The third-order valence-corrected chi connectivity index (χ3v) is 5.62.